The van der Waals surface area contributed by atoms with Crippen LogP contribution in [-0.2, 0) is 0 Å². The van der Waals surface area contributed by atoms with E-state index in [2.05, 4.69) is 6.92 Å². The fourth-order valence-electron chi connectivity index (χ4n) is 1.58. The first-order chi connectivity index (χ1) is 4.70. The fraction of sp³-hybridized carbons (Fsp3) is 1.00. The Morgan fingerprint density at radius 2 is 1.60 bits per heavy atom. The van der Waals surface area contributed by atoms with Gasteiger partial charge in [0.25, 0.3) is 0 Å². The first kappa shape index (κ1) is 8.02. The molecule has 60 valence electrons. The van der Waals surface area contributed by atoms with Gasteiger partial charge in [0, 0.05) is 5.92 Å². The summed E-state index contributed by atoms with van der Waals surface area (Å²) in [6, 6.07) is 0. The molecule has 2 N–H and O–H groups in total. The average molecular weight is 144 g/mol. The van der Waals surface area contributed by atoms with Crippen LogP contribution in [0.2, 0.25) is 0 Å². The van der Waals surface area contributed by atoms with E-state index in [1.54, 1.807) is 0 Å². The third-order valence-corrected chi connectivity index (χ3v) is 2.48. The normalized spacial score (nSPS) is 34.8. The molecule has 1 aliphatic carbocycles. The van der Waals surface area contributed by atoms with Gasteiger partial charge in [0.05, 0.1) is 0 Å². The van der Waals surface area contributed by atoms with Crippen molar-refractivity contribution >= 4 is 0 Å². The molecule has 0 aromatic carbocycles. The smallest absolute Gasteiger partial charge is 0.154 e. The SMILES string of the molecule is CC1CCC(C(O)O)CC1. The van der Waals surface area contributed by atoms with Crippen molar-refractivity contribution in [2.24, 2.45) is 11.8 Å². The molecular formula is C8H16O2. The van der Waals surface area contributed by atoms with Gasteiger partial charge in [-0.1, -0.05) is 19.8 Å². The molecule has 0 aliphatic heterocycles. The summed E-state index contributed by atoms with van der Waals surface area (Å²) in [5, 5.41) is 17.6. The van der Waals surface area contributed by atoms with E-state index in [-0.39, 0.29) is 5.92 Å². The molecule has 0 aromatic rings. The molecule has 0 radical (unpaired) electrons. The lowest BCUT2D eigenvalue weighted by Gasteiger charge is -2.26. The quantitative estimate of drug-likeness (QED) is 0.541. The lowest BCUT2D eigenvalue weighted by atomic mass is 9.83. The predicted molar refractivity (Wildman–Crippen MR) is 39.3 cm³/mol. The van der Waals surface area contributed by atoms with Gasteiger partial charge < -0.3 is 10.2 Å². The van der Waals surface area contributed by atoms with Crippen LogP contribution in [0.4, 0.5) is 0 Å². The Hall–Kier alpha value is -0.0800. The van der Waals surface area contributed by atoms with Gasteiger partial charge in [0.2, 0.25) is 0 Å². The molecule has 1 saturated carbocycles. The van der Waals surface area contributed by atoms with Crippen molar-refractivity contribution < 1.29 is 10.2 Å². The van der Waals surface area contributed by atoms with E-state index in [4.69, 9.17) is 10.2 Å². The Labute approximate surface area is 61.9 Å². The van der Waals surface area contributed by atoms with Crippen molar-refractivity contribution in [2.75, 3.05) is 0 Å². The maximum absolute atomic E-state index is 8.82. The Morgan fingerprint density at radius 1 is 1.10 bits per heavy atom. The molecule has 1 rings (SSSR count). The Morgan fingerprint density at radius 3 is 2.00 bits per heavy atom. The molecule has 0 amide bonds. The number of hydrogen-bond donors (Lipinski definition) is 2. The lowest BCUT2D eigenvalue weighted by Crippen LogP contribution is -2.24. The average Bonchev–Trinajstić information content (AvgIpc) is 1.88. The van der Waals surface area contributed by atoms with Gasteiger partial charge in [0.1, 0.15) is 0 Å². The minimum atomic E-state index is -1.08. The van der Waals surface area contributed by atoms with Crippen LogP contribution < -0.4 is 0 Å². The van der Waals surface area contributed by atoms with Gasteiger partial charge in [-0.15, -0.1) is 0 Å². The van der Waals surface area contributed by atoms with Gasteiger partial charge in [-0.2, -0.15) is 0 Å². The zero-order valence-corrected chi connectivity index (χ0v) is 6.45. The second-order valence-electron chi connectivity index (χ2n) is 3.43. The molecule has 2 heteroatoms. The standard InChI is InChI=1S/C8H16O2/c1-6-2-4-7(5-3-6)8(9)10/h6-10H,2-5H2,1H3. The Balaban J connectivity index is 2.26. The van der Waals surface area contributed by atoms with E-state index < -0.39 is 6.29 Å². The van der Waals surface area contributed by atoms with Gasteiger partial charge in [-0.05, 0) is 18.8 Å². The van der Waals surface area contributed by atoms with E-state index in [9.17, 15) is 0 Å². The van der Waals surface area contributed by atoms with Crippen LogP contribution in [0.3, 0.4) is 0 Å². The van der Waals surface area contributed by atoms with Crippen molar-refractivity contribution in [3.05, 3.63) is 0 Å². The largest absolute Gasteiger partial charge is 0.368 e. The number of aliphatic hydroxyl groups excluding tert-OH is 1. The van der Waals surface area contributed by atoms with E-state index in [1.165, 1.54) is 0 Å². The maximum Gasteiger partial charge on any atom is 0.154 e. The molecule has 0 heterocycles. The molecule has 0 aromatic heterocycles. The molecule has 0 saturated heterocycles. The van der Waals surface area contributed by atoms with E-state index in [0.29, 0.717) is 0 Å². The highest BCUT2D eigenvalue weighted by molar-refractivity contribution is 4.70. The van der Waals surface area contributed by atoms with E-state index in [0.717, 1.165) is 31.6 Å². The van der Waals surface area contributed by atoms with Crippen LogP contribution in [-0.4, -0.2) is 16.5 Å². The van der Waals surface area contributed by atoms with Gasteiger partial charge >= 0.3 is 0 Å². The van der Waals surface area contributed by atoms with Crippen LogP contribution in [0.15, 0.2) is 0 Å². The second-order valence-corrected chi connectivity index (χ2v) is 3.43. The molecular weight excluding hydrogens is 128 g/mol. The Bertz CT molecular complexity index is 93.4. The van der Waals surface area contributed by atoms with Crippen molar-refractivity contribution in [2.45, 2.75) is 38.9 Å². The molecule has 0 bridgehead atoms. The van der Waals surface area contributed by atoms with Crippen molar-refractivity contribution in [1.82, 2.24) is 0 Å². The minimum Gasteiger partial charge on any atom is -0.368 e. The fourth-order valence-corrected chi connectivity index (χ4v) is 1.58. The zero-order valence-electron chi connectivity index (χ0n) is 6.45. The third kappa shape index (κ3) is 1.96. The summed E-state index contributed by atoms with van der Waals surface area (Å²) in [5.74, 6) is 0.936. The summed E-state index contributed by atoms with van der Waals surface area (Å²) < 4.78 is 0. The van der Waals surface area contributed by atoms with E-state index in [1.807, 2.05) is 0 Å². The van der Waals surface area contributed by atoms with Gasteiger partial charge in [-0.25, -0.2) is 0 Å². The van der Waals surface area contributed by atoms with Crippen molar-refractivity contribution in [3.8, 4) is 0 Å². The third-order valence-electron chi connectivity index (χ3n) is 2.48. The summed E-state index contributed by atoms with van der Waals surface area (Å²) in [5.41, 5.74) is 0. The molecule has 10 heavy (non-hydrogen) atoms. The first-order valence-corrected chi connectivity index (χ1v) is 4.06. The number of hydrogen-bond acceptors (Lipinski definition) is 2. The number of rotatable bonds is 1. The molecule has 2 nitrogen and oxygen atoms in total. The summed E-state index contributed by atoms with van der Waals surface area (Å²) >= 11 is 0. The first-order valence-electron chi connectivity index (χ1n) is 4.06. The monoisotopic (exact) mass is 144 g/mol. The summed E-state index contributed by atoms with van der Waals surface area (Å²) in [6.07, 6.45) is 3.20. The molecule has 1 fully saturated rings. The van der Waals surface area contributed by atoms with Crippen molar-refractivity contribution in [3.63, 3.8) is 0 Å². The second kappa shape index (κ2) is 3.35. The summed E-state index contributed by atoms with van der Waals surface area (Å²) in [7, 11) is 0. The zero-order chi connectivity index (χ0) is 7.56. The highest BCUT2D eigenvalue weighted by Gasteiger charge is 2.22. The van der Waals surface area contributed by atoms with Crippen LogP contribution in [0.1, 0.15) is 32.6 Å². The predicted octanol–water partition coefficient (Wildman–Crippen LogP) is 1.12. The highest BCUT2D eigenvalue weighted by atomic mass is 16.5. The number of aliphatic hydroxyl groups is 2. The maximum atomic E-state index is 8.82. The molecule has 0 atom stereocenters. The van der Waals surface area contributed by atoms with Crippen LogP contribution >= 0.6 is 0 Å². The summed E-state index contributed by atoms with van der Waals surface area (Å²) in [4.78, 5) is 0. The van der Waals surface area contributed by atoms with Gasteiger partial charge in [-0.3, -0.25) is 0 Å². The lowest BCUT2D eigenvalue weighted by molar-refractivity contribution is -0.0952. The highest BCUT2D eigenvalue weighted by Crippen LogP contribution is 2.29. The Kier molecular flexibility index (Phi) is 2.69. The molecule has 1 aliphatic rings. The van der Waals surface area contributed by atoms with Crippen LogP contribution in [0, 0.1) is 11.8 Å². The topological polar surface area (TPSA) is 40.5 Å². The van der Waals surface area contributed by atoms with Crippen molar-refractivity contribution in [1.29, 1.82) is 0 Å². The molecule has 0 spiro atoms. The van der Waals surface area contributed by atoms with Crippen LogP contribution in [0.25, 0.3) is 0 Å². The van der Waals surface area contributed by atoms with Gasteiger partial charge in [0.15, 0.2) is 6.29 Å². The summed E-state index contributed by atoms with van der Waals surface area (Å²) in [6.45, 7) is 2.22. The van der Waals surface area contributed by atoms with Crippen LogP contribution in [0.5, 0.6) is 0 Å². The molecule has 0 unspecified atom stereocenters. The van der Waals surface area contributed by atoms with E-state index >= 15 is 0 Å². The minimum absolute atomic E-state index is 0.149.